The molecule has 0 radical (unpaired) electrons. The van der Waals surface area contributed by atoms with Crippen molar-refractivity contribution >= 4 is 10.9 Å². The fourth-order valence-electron chi connectivity index (χ4n) is 2.69. The first kappa shape index (κ1) is 12.5. The van der Waals surface area contributed by atoms with E-state index in [4.69, 9.17) is 9.26 Å². The van der Waals surface area contributed by atoms with Crippen LogP contribution in [-0.2, 0) is 4.74 Å². The van der Waals surface area contributed by atoms with Crippen molar-refractivity contribution < 1.29 is 9.26 Å². The number of fused-ring (bicyclic) bond motifs is 1. The molecular weight excluding hydrogens is 266 g/mol. The Hall–Kier alpha value is -2.27. The first-order chi connectivity index (χ1) is 10.3. The van der Waals surface area contributed by atoms with Crippen molar-refractivity contribution in [3.8, 4) is 11.5 Å². The first-order valence-corrected chi connectivity index (χ1v) is 7.08. The molecule has 3 aromatic rings. The van der Waals surface area contributed by atoms with Gasteiger partial charge >= 0.3 is 0 Å². The van der Waals surface area contributed by atoms with Crippen LogP contribution in [0.25, 0.3) is 22.4 Å². The highest BCUT2D eigenvalue weighted by molar-refractivity contribution is 5.92. The molecule has 0 amide bonds. The van der Waals surface area contributed by atoms with Gasteiger partial charge in [0, 0.05) is 24.1 Å². The van der Waals surface area contributed by atoms with Gasteiger partial charge in [-0.2, -0.15) is 4.98 Å². The van der Waals surface area contributed by atoms with Gasteiger partial charge in [0.1, 0.15) is 0 Å². The van der Waals surface area contributed by atoms with Crippen LogP contribution in [0.15, 0.2) is 35.0 Å². The molecule has 1 aliphatic rings. The molecule has 1 aliphatic heterocycles. The molecule has 0 spiro atoms. The summed E-state index contributed by atoms with van der Waals surface area (Å²) in [5.74, 6) is 1.53. The summed E-state index contributed by atoms with van der Waals surface area (Å²) in [5, 5.41) is 5.15. The average molecular weight is 281 g/mol. The summed E-state index contributed by atoms with van der Waals surface area (Å²) in [6.45, 7) is 3.51. The number of benzene rings is 1. The van der Waals surface area contributed by atoms with Gasteiger partial charge in [-0.25, -0.2) is 0 Å². The molecule has 0 aliphatic carbocycles. The average Bonchev–Trinajstić information content (AvgIpc) is 3.17. The summed E-state index contributed by atoms with van der Waals surface area (Å²) in [6, 6.07) is 8.08. The topological polar surface area (TPSA) is 61.0 Å². The summed E-state index contributed by atoms with van der Waals surface area (Å²) < 4.78 is 10.8. The second-order valence-electron chi connectivity index (χ2n) is 5.40. The highest BCUT2D eigenvalue weighted by Gasteiger charge is 2.23. The van der Waals surface area contributed by atoms with Crippen molar-refractivity contribution in [2.75, 3.05) is 13.2 Å². The van der Waals surface area contributed by atoms with Gasteiger partial charge in [-0.05, 0) is 31.5 Å². The molecule has 2 aromatic heterocycles. The van der Waals surface area contributed by atoms with E-state index in [1.165, 1.54) is 5.56 Å². The third kappa shape index (κ3) is 2.19. The smallest absolute Gasteiger partial charge is 0.258 e. The minimum atomic E-state index is 0.248. The maximum atomic E-state index is 5.47. The van der Waals surface area contributed by atoms with E-state index in [0.717, 1.165) is 35.3 Å². The van der Waals surface area contributed by atoms with Crippen molar-refractivity contribution in [2.45, 2.75) is 19.3 Å². The monoisotopic (exact) mass is 281 g/mol. The molecular formula is C16H15N3O2. The van der Waals surface area contributed by atoms with Crippen molar-refractivity contribution in [3.63, 3.8) is 0 Å². The molecule has 21 heavy (non-hydrogen) atoms. The fraction of sp³-hybridized carbons (Fsp3) is 0.312. The Morgan fingerprint density at radius 2 is 2.19 bits per heavy atom. The van der Waals surface area contributed by atoms with E-state index in [-0.39, 0.29) is 5.92 Å². The fourth-order valence-corrected chi connectivity index (χ4v) is 2.69. The molecule has 1 unspecified atom stereocenters. The molecule has 5 nitrogen and oxygen atoms in total. The summed E-state index contributed by atoms with van der Waals surface area (Å²) in [7, 11) is 0. The second kappa shape index (κ2) is 4.93. The standard InChI is InChI=1S/C16H15N3O2/c1-10-2-3-14-13(8-10)12(4-6-17-14)16-18-15(19-21-16)11-5-7-20-9-11/h2-4,6,8,11H,5,7,9H2,1H3. The van der Waals surface area contributed by atoms with Gasteiger partial charge in [0.25, 0.3) is 5.89 Å². The third-order valence-electron chi connectivity index (χ3n) is 3.86. The number of hydrogen-bond acceptors (Lipinski definition) is 5. The van der Waals surface area contributed by atoms with Gasteiger partial charge in [-0.15, -0.1) is 0 Å². The number of ether oxygens (including phenoxy) is 1. The van der Waals surface area contributed by atoms with Crippen molar-refractivity contribution in [2.24, 2.45) is 0 Å². The molecule has 106 valence electrons. The van der Waals surface area contributed by atoms with Crippen LogP contribution in [0.2, 0.25) is 0 Å². The Bertz CT molecular complexity index is 791. The second-order valence-corrected chi connectivity index (χ2v) is 5.40. The molecule has 1 atom stereocenters. The van der Waals surface area contributed by atoms with E-state index in [1.807, 2.05) is 18.2 Å². The Balaban J connectivity index is 1.81. The van der Waals surface area contributed by atoms with Gasteiger partial charge in [0.15, 0.2) is 5.82 Å². The maximum Gasteiger partial charge on any atom is 0.258 e. The Morgan fingerprint density at radius 3 is 3.05 bits per heavy atom. The highest BCUT2D eigenvalue weighted by Crippen LogP contribution is 2.29. The van der Waals surface area contributed by atoms with Gasteiger partial charge < -0.3 is 9.26 Å². The number of aromatic nitrogens is 3. The zero-order valence-electron chi connectivity index (χ0n) is 11.7. The molecule has 5 heteroatoms. The van der Waals surface area contributed by atoms with Gasteiger partial charge in [0.05, 0.1) is 17.7 Å². The molecule has 0 N–H and O–H groups in total. The van der Waals surface area contributed by atoms with Crippen LogP contribution in [0.1, 0.15) is 23.7 Å². The van der Waals surface area contributed by atoms with Crippen molar-refractivity contribution in [1.82, 2.24) is 15.1 Å². The van der Waals surface area contributed by atoms with Crippen LogP contribution in [-0.4, -0.2) is 28.3 Å². The third-order valence-corrected chi connectivity index (χ3v) is 3.86. The zero-order chi connectivity index (χ0) is 14.2. The molecule has 4 rings (SSSR count). The minimum Gasteiger partial charge on any atom is -0.381 e. The number of rotatable bonds is 2. The summed E-state index contributed by atoms with van der Waals surface area (Å²) in [5.41, 5.74) is 3.05. The quantitative estimate of drug-likeness (QED) is 0.722. The molecule has 0 saturated carbocycles. The van der Waals surface area contributed by atoms with E-state index in [2.05, 4.69) is 28.1 Å². The number of pyridine rings is 1. The Kier molecular flexibility index (Phi) is 2.93. The van der Waals surface area contributed by atoms with Gasteiger partial charge in [0.2, 0.25) is 0 Å². The Labute approximate surface area is 122 Å². The predicted molar refractivity (Wildman–Crippen MR) is 77.9 cm³/mol. The molecule has 0 bridgehead atoms. The van der Waals surface area contributed by atoms with E-state index in [0.29, 0.717) is 12.5 Å². The lowest BCUT2D eigenvalue weighted by Gasteiger charge is -2.03. The summed E-state index contributed by atoms with van der Waals surface area (Å²) in [4.78, 5) is 8.94. The van der Waals surface area contributed by atoms with Crippen LogP contribution < -0.4 is 0 Å². The Morgan fingerprint density at radius 1 is 1.24 bits per heavy atom. The highest BCUT2D eigenvalue weighted by atomic mass is 16.5. The van der Waals surface area contributed by atoms with E-state index in [9.17, 15) is 0 Å². The molecule has 1 saturated heterocycles. The number of aryl methyl sites for hydroxylation is 1. The van der Waals surface area contributed by atoms with Crippen LogP contribution in [0, 0.1) is 6.92 Å². The summed E-state index contributed by atoms with van der Waals surface area (Å²) >= 11 is 0. The largest absolute Gasteiger partial charge is 0.381 e. The lowest BCUT2D eigenvalue weighted by atomic mass is 10.1. The lowest BCUT2D eigenvalue weighted by Crippen LogP contribution is -1.99. The van der Waals surface area contributed by atoms with Crippen LogP contribution in [0.5, 0.6) is 0 Å². The van der Waals surface area contributed by atoms with Crippen molar-refractivity contribution in [1.29, 1.82) is 0 Å². The summed E-state index contributed by atoms with van der Waals surface area (Å²) in [6.07, 6.45) is 2.73. The van der Waals surface area contributed by atoms with Crippen LogP contribution >= 0.6 is 0 Å². The minimum absolute atomic E-state index is 0.248. The predicted octanol–water partition coefficient (Wildman–Crippen LogP) is 3.10. The van der Waals surface area contributed by atoms with E-state index in [1.54, 1.807) is 6.20 Å². The number of nitrogens with zero attached hydrogens (tertiary/aromatic N) is 3. The SMILES string of the molecule is Cc1ccc2nccc(-c3nc(C4CCOC4)no3)c2c1. The van der Waals surface area contributed by atoms with Crippen LogP contribution in [0.3, 0.4) is 0 Å². The van der Waals surface area contributed by atoms with E-state index < -0.39 is 0 Å². The normalized spacial score (nSPS) is 18.4. The van der Waals surface area contributed by atoms with Crippen molar-refractivity contribution in [3.05, 3.63) is 41.9 Å². The number of hydrogen-bond donors (Lipinski definition) is 0. The van der Waals surface area contributed by atoms with Gasteiger partial charge in [-0.1, -0.05) is 16.8 Å². The van der Waals surface area contributed by atoms with Crippen LogP contribution in [0.4, 0.5) is 0 Å². The zero-order valence-corrected chi connectivity index (χ0v) is 11.7. The molecule has 1 fully saturated rings. The van der Waals surface area contributed by atoms with E-state index >= 15 is 0 Å². The molecule has 3 heterocycles. The first-order valence-electron chi connectivity index (χ1n) is 7.08. The molecule has 1 aromatic carbocycles. The lowest BCUT2D eigenvalue weighted by molar-refractivity contribution is 0.192. The van der Waals surface area contributed by atoms with Gasteiger partial charge in [-0.3, -0.25) is 4.98 Å². The maximum absolute atomic E-state index is 5.47.